The molecule has 1 atom stereocenters. The third-order valence-corrected chi connectivity index (χ3v) is 3.48. The summed E-state index contributed by atoms with van der Waals surface area (Å²) in [6.07, 6.45) is 0. The first-order chi connectivity index (χ1) is 9.06. The second-order valence-corrected chi connectivity index (χ2v) is 5.47. The fourth-order valence-electron chi connectivity index (χ4n) is 2.11. The molecule has 0 spiro atoms. The molecule has 1 unspecified atom stereocenters. The highest BCUT2D eigenvalue weighted by atomic mass is 35.5. The number of benzene rings is 2. The third kappa shape index (κ3) is 3.95. The van der Waals surface area contributed by atoms with Gasteiger partial charge in [0.15, 0.2) is 0 Å². The molecule has 2 nitrogen and oxygen atoms in total. The zero-order valence-electron chi connectivity index (χ0n) is 10.7. The smallest absolute Gasteiger partial charge is 0.0408 e. The summed E-state index contributed by atoms with van der Waals surface area (Å²) in [4.78, 5) is 0. The molecule has 0 radical (unpaired) electrons. The fourth-order valence-corrected chi connectivity index (χ4v) is 2.43. The topological polar surface area (TPSA) is 29.3 Å². The Morgan fingerprint density at radius 2 is 1.68 bits per heavy atom. The first-order valence-corrected chi connectivity index (χ1v) is 6.78. The predicted octanol–water partition coefficient (Wildman–Crippen LogP) is 3.93. The van der Waals surface area contributed by atoms with Gasteiger partial charge in [0.05, 0.1) is 0 Å². The van der Waals surface area contributed by atoms with Crippen molar-refractivity contribution in [2.75, 3.05) is 13.6 Å². The van der Waals surface area contributed by atoms with Gasteiger partial charge in [-0.1, -0.05) is 47.5 Å². The van der Waals surface area contributed by atoms with Crippen molar-refractivity contribution >= 4 is 23.2 Å². The van der Waals surface area contributed by atoms with Crippen molar-refractivity contribution in [2.24, 2.45) is 5.84 Å². The second kappa shape index (κ2) is 6.40. The van der Waals surface area contributed by atoms with E-state index >= 15 is 0 Å². The zero-order valence-corrected chi connectivity index (χ0v) is 12.2. The van der Waals surface area contributed by atoms with E-state index in [-0.39, 0.29) is 5.92 Å². The quantitative estimate of drug-likeness (QED) is 0.684. The third-order valence-electron chi connectivity index (χ3n) is 2.99. The van der Waals surface area contributed by atoms with Crippen LogP contribution in [0.1, 0.15) is 17.0 Å². The molecule has 2 rings (SSSR count). The molecule has 2 N–H and O–H groups in total. The van der Waals surface area contributed by atoms with Crippen molar-refractivity contribution in [2.45, 2.75) is 5.92 Å². The number of rotatable bonds is 4. The Morgan fingerprint density at radius 1 is 1.00 bits per heavy atom. The Bertz CT molecular complexity index is 538. The van der Waals surface area contributed by atoms with E-state index in [1.165, 1.54) is 5.56 Å². The van der Waals surface area contributed by atoms with E-state index in [9.17, 15) is 0 Å². The highest BCUT2D eigenvalue weighted by Gasteiger charge is 2.15. The van der Waals surface area contributed by atoms with Gasteiger partial charge in [0.2, 0.25) is 0 Å². The van der Waals surface area contributed by atoms with E-state index in [0.717, 1.165) is 15.6 Å². The zero-order chi connectivity index (χ0) is 13.8. The molecule has 0 bridgehead atoms. The van der Waals surface area contributed by atoms with E-state index in [1.807, 2.05) is 49.5 Å². The minimum absolute atomic E-state index is 0.172. The van der Waals surface area contributed by atoms with Crippen LogP contribution in [0.25, 0.3) is 0 Å². The lowest BCUT2D eigenvalue weighted by Crippen LogP contribution is -2.31. The number of hydrogen-bond acceptors (Lipinski definition) is 2. The number of nitrogens with two attached hydrogens (primary N) is 1. The Hall–Kier alpha value is -1.06. The number of halogens is 2. The Labute approximate surface area is 123 Å². The molecule has 0 saturated heterocycles. The summed E-state index contributed by atoms with van der Waals surface area (Å²) in [6.45, 7) is 0.710. The van der Waals surface area contributed by atoms with Crippen LogP contribution in [0.15, 0.2) is 48.5 Å². The van der Waals surface area contributed by atoms with Gasteiger partial charge in [0, 0.05) is 29.6 Å². The molecule has 0 heterocycles. The van der Waals surface area contributed by atoms with Gasteiger partial charge >= 0.3 is 0 Å². The SMILES string of the molecule is CN(N)CC(c1ccc(Cl)cc1)c1cccc(Cl)c1. The van der Waals surface area contributed by atoms with E-state index < -0.39 is 0 Å². The molecule has 0 aliphatic carbocycles. The van der Waals surface area contributed by atoms with Crippen LogP contribution in [-0.2, 0) is 0 Å². The maximum absolute atomic E-state index is 6.07. The lowest BCUT2D eigenvalue weighted by Gasteiger charge is -2.22. The van der Waals surface area contributed by atoms with Crippen molar-refractivity contribution < 1.29 is 0 Å². The summed E-state index contributed by atoms with van der Waals surface area (Å²) >= 11 is 12.0. The number of likely N-dealkylation sites (N-methyl/N-ethyl adjacent to an activating group) is 1. The van der Waals surface area contributed by atoms with Crippen LogP contribution in [-0.4, -0.2) is 18.6 Å². The van der Waals surface area contributed by atoms with E-state index in [2.05, 4.69) is 6.07 Å². The van der Waals surface area contributed by atoms with Crippen LogP contribution < -0.4 is 5.84 Å². The lowest BCUT2D eigenvalue weighted by atomic mass is 9.91. The van der Waals surface area contributed by atoms with Crippen molar-refractivity contribution in [3.05, 3.63) is 69.7 Å². The number of hydrazine groups is 1. The summed E-state index contributed by atoms with van der Waals surface area (Å²) in [5.74, 6) is 5.98. The van der Waals surface area contributed by atoms with Crippen molar-refractivity contribution in [3.63, 3.8) is 0 Å². The Morgan fingerprint density at radius 3 is 2.26 bits per heavy atom. The maximum Gasteiger partial charge on any atom is 0.0408 e. The Balaban J connectivity index is 2.38. The molecule has 0 aliphatic rings. The van der Waals surface area contributed by atoms with Gasteiger partial charge in [-0.25, -0.2) is 5.01 Å². The summed E-state index contributed by atoms with van der Waals surface area (Å²) < 4.78 is 0. The van der Waals surface area contributed by atoms with Crippen LogP contribution in [0.2, 0.25) is 10.0 Å². The largest absolute Gasteiger partial charge is 0.269 e. The first kappa shape index (κ1) is 14.4. The fraction of sp³-hybridized carbons (Fsp3) is 0.200. The summed E-state index contributed by atoms with van der Waals surface area (Å²) in [5.41, 5.74) is 2.32. The molecule has 0 aliphatic heterocycles. The van der Waals surface area contributed by atoms with Gasteiger partial charge in [0.1, 0.15) is 0 Å². The summed E-state index contributed by atoms with van der Waals surface area (Å²) in [7, 11) is 1.85. The van der Waals surface area contributed by atoms with Gasteiger partial charge in [-0.3, -0.25) is 5.84 Å². The minimum Gasteiger partial charge on any atom is -0.269 e. The molecule has 100 valence electrons. The summed E-state index contributed by atoms with van der Waals surface area (Å²) in [5, 5.41) is 3.14. The standard InChI is InChI=1S/C15H16Cl2N2/c1-19(18)10-15(11-5-7-13(16)8-6-11)12-3-2-4-14(17)9-12/h2-9,15H,10,18H2,1H3. The van der Waals surface area contributed by atoms with E-state index in [4.69, 9.17) is 29.0 Å². The molecule has 19 heavy (non-hydrogen) atoms. The van der Waals surface area contributed by atoms with Crippen LogP contribution in [0.3, 0.4) is 0 Å². The van der Waals surface area contributed by atoms with E-state index in [0.29, 0.717) is 6.54 Å². The molecule has 4 heteroatoms. The first-order valence-electron chi connectivity index (χ1n) is 6.03. The highest BCUT2D eigenvalue weighted by Crippen LogP contribution is 2.27. The predicted molar refractivity (Wildman–Crippen MR) is 81.6 cm³/mol. The second-order valence-electron chi connectivity index (χ2n) is 4.60. The average molecular weight is 295 g/mol. The molecule has 0 fully saturated rings. The molecule has 2 aromatic carbocycles. The van der Waals surface area contributed by atoms with Crippen molar-refractivity contribution in [1.82, 2.24) is 5.01 Å². The molecule has 2 aromatic rings. The monoisotopic (exact) mass is 294 g/mol. The van der Waals surface area contributed by atoms with Crippen molar-refractivity contribution in [3.8, 4) is 0 Å². The van der Waals surface area contributed by atoms with Crippen LogP contribution in [0.5, 0.6) is 0 Å². The van der Waals surface area contributed by atoms with Crippen molar-refractivity contribution in [1.29, 1.82) is 0 Å². The molecule has 0 amide bonds. The molecular weight excluding hydrogens is 279 g/mol. The Kier molecular flexibility index (Phi) is 4.83. The van der Waals surface area contributed by atoms with Crippen LogP contribution >= 0.6 is 23.2 Å². The molecule has 0 aromatic heterocycles. The van der Waals surface area contributed by atoms with E-state index in [1.54, 1.807) is 5.01 Å². The number of nitrogens with zero attached hydrogens (tertiary/aromatic N) is 1. The van der Waals surface area contributed by atoms with Gasteiger partial charge in [0.25, 0.3) is 0 Å². The van der Waals surface area contributed by atoms with Gasteiger partial charge in [-0.15, -0.1) is 0 Å². The van der Waals surface area contributed by atoms with Crippen LogP contribution in [0, 0.1) is 0 Å². The van der Waals surface area contributed by atoms with Gasteiger partial charge in [-0.2, -0.15) is 0 Å². The normalized spacial score (nSPS) is 12.7. The van der Waals surface area contributed by atoms with Gasteiger partial charge in [-0.05, 0) is 35.4 Å². The highest BCUT2D eigenvalue weighted by molar-refractivity contribution is 6.30. The lowest BCUT2D eigenvalue weighted by molar-refractivity contribution is 0.336. The van der Waals surface area contributed by atoms with Crippen LogP contribution in [0.4, 0.5) is 0 Å². The van der Waals surface area contributed by atoms with Gasteiger partial charge < -0.3 is 0 Å². The average Bonchev–Trinajstić information content (AvgIpc) is 2.37. The summed E-state index contributed by atoms with van der Waals surface area (Å²) in [6, 6.07) is 15.7. The molecular formula is C15H16Cl2N2. The minimum atomic E-state index is 0.172. The molecule has 0 saturated carbocycles. The number of hydrogen-bond donors (Lipinski definition) is 1. The maximum atomic E-state index is 6.07.